The van der Waals surface area contributed by atoms with E-state index in [0.29, 0.717) is 40.7 Å². The van der Waals surface area contributed by atoms with E-state index in [1.54, 1.807) is 73.3 Å². The van der Waals surface area contributed by atoms with Crippen molar-refractivity contribution in [1.29, 1.82) is 0 Å². The Morgan fingerprint density at radius 3 is 2.61 bits per heavy atom. The van der Waals surface area contributed by atoms with Crippen LogP contribution in [-0.4, -0.2) is 38.2 Å². The first-order valence-corrected chi connectivity index (χ1v) is 10.2. The lowest BCUT2D eigenvalue weighted by Gasteiger charge is -2.09. The molecule has 0 aliphatic heterocycles. The molecule has 1 N–H and O–H groups in total. The zero-order valence-corrected chi connectivity index (χ0v) is 18.1. The van der Waals surface area contributed by atoms with Gasteiger partial charge in [-0.15, -0.1) is 0 Å². The van der Waals surface area contributed by atoms with E-state index >= 15 is 0 Å². The zero-order valence-electron chi connectivity index (χ0n) is 18.1. The second kappa shape index (κ2) is 9.73. The van der Waals surface area contributed by atoms with Crippen molar-refractivity contribution in [1.82, 2.24) is 19.7 Å². The summed E-state index contributed by atoms with van der Waals surface area (Å²) in [5.41, 5.74) is 2.83. The molecule has 9 heteroatoms. The van der Waals surface area contributed by atoms with E-state index in [1.807, 2.05) is 0 Å². The molecule has 1 amide bonds. The van der Waals surface area contributed by atoms with Crippen LogP contribution in [0.4, 0.5) is 5.69 Å². The summed E-state index contributed by atoms with van der Waals surface area (Å²) in [5, 5.41) is 7.12. The van der Waals surface area contributed by atoms with Crippen LogP contribution in [0.3, 0.4) is 0 Å². The molecule has 0 atom stereocenters. The van der Waals surface area contributed by atoms with Crippen molar-refractivity contribution in [2.45, 2.75) is 13.8 Å². The van der Waals surface area contributed by atoms with Gasteiger partial charge in [-0.25, -0.2) is 14.5 Å². The first-order valence-electron chi connectivity index (χ1n) is 10.2. The summed E-state index contributed by atoms with van der Waals surface area (Å²) in [7, 11) is 0. The second-order valence-electron chi connectivity index (χ2n) is 6.95. The molecule has 0 aliphatic rings. The van der Waals surface area contributed by atoms with Gasteiger partial charge in [0.15, 0.2) is 0 Å². The van der Waals surface area contributed by atoms with Gasteiger partial charge < -0.3 is 14.8 Å². The Morgan fingerprint density at radius 2 is 1.88 bits per heavy atom. The monoisotopic (exact) mass is 443 g/mol. The number of nitrogens with one attached hydrogen (secondary N) is 1. The topological polar surface area (TPSA) is 108 Å². The number of carbonyl (C=O) groups excluding carboxylic acids is 2. The number of anilines is 1. The third-order valence-electron chi connectivity index (χ3n) is 4.73. The minimum atomic E-state index is -0.414. The van der Waals surface area contributed by atoms with Gasteiger partial charge in [0.2, 0.25) is 5.88 Å². The number of esters is 1. The molecule has 0 saturated carbocycles. The Kier molecular flexibility index (Phi) is 6.40. The van der Waals surface area contributed by atoms with Gasteiger partial charge >= 0.3 is 5.97 Å². The van der Waals surface area contributed by atoms with E-state index in [2.05, 4.69) is 20.4 Å². The molecule has 166 valence electrons. The highest BCUT2D eigenvalue weighted by Gasteiger charge is 2.16. The molecule has 9 nitrogen and oxygen atoms in total. The fraction of sp³-hybridized carbons (Fsp3) is 0.125. The van der Waals surface area contributed by atoms with Gasteiger partial charge in [0.25, 0.3) is 5.91 Å². The molecule has 0 fully saturated rings. The summed E-state index contributed by atoms with van der Waals surface area (Å²) >= 11 is 0. The number of nitrogens with zero attached hydrogens (tertiary/aromatic N) is 4. The van der Waals surface area contributed by atoms with Crippen LogP contribution >= 0.6 is 0 Å². The SMILES string of the molecule is CCOC(=O)c1cnn(-c2ccc(C(=O)Nc3cccc(Oc4cnccn4)c3)cc2)c1C. The Labute approximate surface area is 190 Å². The molecule has 0 aliphatic carbocycles. The number of amides is 1. The highest BCUT2D eigenvalue weighted by atomic mass is 16.5. The second-order valence-corrected chi connectivity index (χ2v) is 6.95. The molecule has 33 heavy (non-hydrogen) atoms. The first-order chi connectivity index (χ1) is 16.0. The number of rotatable bonds is 7. The van der Waals surface area contributed by atoms with Crippen LogP contribution in [0.25, 0.3) is 5.69 Å². The van der Waals surface area contributed by atoms with Gasteiger partial charge in [-0.3, -0.25) is 9.78 Å². The minimum absolute atomic E-state index is 0.275. The van der Waals surface area contributed by atoms with Gasteiger partial charge in [-0.2, -0.15) is 5.10 Å². The van der Waals surface area contributed by atoms with Crippen molar-refractivity contribution in [2.24, 2.45) is 0 Å². The van der Waals surface area contributed by atoms with Crippen molar-refractivity contribution in [2.75, 3.05) is 11.9 Å². The van der Waals surface area contributed by atoms with Crippen LogP contribution in [0.15, 0.2) is 73.3 Å². The zero-order chi connectivity index (χ0) is 23.2. The normalized spacial score (nSPS) is 10.5. The minimum Gasteiger partial charge on any atom is -0.462 e. The maximum atomic E-state index is 12.7. The maximum Gasteiger partial charge on any atom is 0.341 e. The Bertz CT molecular complexity index is 1270. The quantitative estimate of drug-likeness (QED) is 0.427. The van der Waals surface area contributed by atoms with Gasteiger partial charge in [0.1, 0.15) is 11.3 Å². The van der Waals surface area contributed by atoms with Crippen LogP contribution < -0.4 is 10.1 Å². The lowest BCUT2D eigenvalue weighted by Crippen LogP contribution is -2.12. The molecule has 0 radical (unpaired) electrons. The maximum absolute atomic E-state index is 12.7. The third-order valence-corrected chi connectivity index (χ3v) is 4.73. The van der Waals surface area contributed by atoms with Crippen LogP contribution in [0.5, 0.6) is 11.6 Å². The molecule has 2 aromatic carbocycles. The molecular weight excluding hydrogens is 422 g/mol. The van der Waals surface area contributed by atoms with Crippen LogP contribution in [0, 0.1) is 6.92 Å². The molecule has 0 saturated heterocycles. The lowest BCUT2D eigenvalue weighted by atomic mass is 10.2. The van der Waals surface area contributed by atoms with E-state index in [-0.39, 0.29) is 5.91 Å². The van der Waals surface area contributed by atoms with Crippen molar-refractivity contribution < 1.29 is 19.1 Å². The molecule has 0 spiro atoms. The lowest BCUT2D eigenvalue weighted by molar-refractivity contribution is 0.0525. The summed E-state index contributed by atoms with van der Waals surface area (Å²) < 4.78 is 12.3. The Morgan fingerprint density at radius 1 is 1.06 bits per heavy atom. The van der Waals surface area contributed by atoms with E-state index in [4.69, 9.17) is 9.47 Å². The van der Waals surface area contributed by atoms with E-state index in [1.165, 1.54) is 18.6 Å². The predicted octanol–water partition coefficient (Wildman–Crippen LogP) is 4.19. The predicted molar refractivity (Wildman–Crippen MR) is 121 cm³/mol. The molecule has 4 aromatic rings. The molecule has 2 aromatic heterocycles. The smallest absolute Gasteiger partial charge is 0.341 e. The third kappa shape index (κ3) is 5.04. The fourth-order valence-electron chi connectivity index (χ4n) is 3.13. The first kappa shape index (κ1) is 21.7. The van der Waals surface area contributed by atoms with E-state index in [0.717, 1.165) is 5.69 Å². The highest BCUT2D eigenvalue weighted by molar-refractivity contribution is 6.04. The van der Waals surface area contributed by atoms with Crippen molar-refractivity contribution >= 4 is 17.6 Å². The summed E-state index contributed by atoms with van der Waals surface area (Å²) in [6.07, 6.45) is 6.07. The Balaban J connectivity index is 1.45. The van der Waals surface area contributed by atoms with E-state index in [9.17, 15) is 9.59 Å². The number of aromatic nitrogens is 4. The average molecular weight is 443 g/mol. The number of hydrogen-bond donors (Lipinski definition) is 1. The van der Waals surface area contributed by atoms with E-state index < -0.39 is 5.97 Å². The highest BCUT2D eigenvalue weighted by Crippen LogP contribution is 2.23. The standard InChI is InChI=1S/C24H21N5O4/c1-3-32-24(31)21-14-27-29(16(21)2)19-9-7-17(8-10-19)23(30)28-18-5-4-6-20(13-18)33-22-15-25-11-12-26-22/h4-15H,3H2,1-2H3,(H,28,30). The summed E-state index contributed by atoms with van der Waals surface area (Å²) in [5.74, 6) is 0.192. The van der Waals surface area contributed by atoms with Crippen LogP contribution in [0.2, 0.25) is 0 Å². The van der Waals surface area contributed by atoms with Crippen molar-refractivity contribution in [3.63, 3.8) is 0 Å². The molecule has 2 heterocycles. The van der Waals surface area contributed by atoms with Gasteiger partial charge in [-0.1, -0.05) is 6.07 Å². The van der Waals surface area contributed by atoms with Gasteiger partial charge in [-0.05, 0) is 50.2 Å². The van der Waals surface area contributed by atoms with Crippen LogP contribution in [0.1, 0.15) is 33.3 Å². The Hall–Kier alpha value is -4.53. The number of hydrogen-bond acceptors (Lipinski definition) is 7. The molecular formula is C24H21N5O4. The van der Waals surface area contributed by atoms with Gasteiger partial charge in [0, 0.05) is 29.7 Å². The molecule has 4 rings (SSSR count). The molecule has 0 bridgehead atoms. The van der Waals surface area contributed by atoms with Gasteiger partial charge in [0.05, 0.1) is 30.4 Å². The summed E-state index contributed by atoms with van der Waals surface area (Å²) in [6, 6.07) is 13.9. The number of carbonyl (C=O) groups is 2. The van der Waals surface area contributed by atoms with Crippen molar-refractivity contribution in [3.8, 4) is 17.3 Å². The summed E-state index contributed by atoms with van der Waals surface area (Å²) in [4.78, 5) is 32.7. The fourth-order valence-corrected chi connectivity index (χ4v) is 3.13. The van der Waals surface area contributed by atoms with Crippen LogP contribution in [-0.2, 0) is 4.74 Å². The number of benzene rings is 2. The molecule has 0 unspecified atom stereocenters. The summed E-state index contributed by atoms with van der Waals surface area (Å²) in [6.45, 7) is 3.83. The largest absolute Gasteiger partial charge is 0.462 e. The van der Waals surface area contributed by atoms with Crippen molar-refractivity contribution in [3.05, 3.63) is 90.1 Å². The average Bonchev–Trinajstić information content (AvgIpc) is 3.21. The number of ether oxygens (including phenoxy) is 2.